The molecular formula is C12H9FN4O2. The highest BCUT2D eigenvalue weighted by atomic mass is 19.1. The second kappa shape index (κ2) is 3.64. The predicted molar refractivity (Wildman–Crippen MR) is 67.3 cm³/mol. The number of hydrogen-bond acceptors (Lipinski definition) is 4. The second-order valence-corrected chi connectivity index (χ2v) is 4.18. The average molecular weight is 260 g/mol. The first-order valence-electron chi connectivity index (χ1n) is 5.42. The van der Waals surface area contributed by atoms with Gasteiger partial charge in [-0.3, -0.25) is 4.68 Å². The van der Waals surface area contributed by atoms with Gasteiger partial charge in [-0.15, -0.1) is 0 Å². The number of aromatic carboxylic acids is 1. The normalized spacial score (nSPS) is 11.3. The van der Waals surface area contributed by atoms with Crippen LogP contribution >= 0.6 is 0 Å². The van der Waals surface area contributed by atoms with E-state index in [9.17, 15) is 9.18 Å². The Morgan fingerprint density at radius 1 is 1.42 bits per heavy atom. The average Bonchev–Trinajstić information content (AvgIpc) is 2.71. The summed E-state index contributed by atoms with van der Waals surface area (Å²) in [7, 11) is 1.70. The fourth-order valence-corrected chi connectivity index (χ4v) is 2.14. The van der Waals surface area contributed by atoms with Crippen molar-refractivity contribution in [1.82, 2.24) is 14.8 Å². The van der Waals surface area contributed by atoms with Gasteiger partial charge < -0.3 is 10.8 Å². The molecule has 3 aromatic rings. The molecule has 2 aromatic heterocycles. The van der Waals surface area contributed by atoms with E-state index < -0.39 is 17.3 Å². The van der Waals surface area contributed by atoms with Crippen LogP contribution in [-0.2, 0) is 7.05 Å². The van der Waals surface area contributed by atoms with Crippen molar-refractivity contribution >= 4 is 33.6 Å². The SMILES string of the molecule is Cn1ncc2c(N)nc3cc(F)c(C(=O)O)cc3c21. The van der Waals surface area contributed by atoms with E-state index in [4.69, 9.17) is 10.8 Å². The van der Waals surface area contributed by atoms with E-state index in [-0.39, 0.29) is 5.82 Å². The van der Waals surface area contributed by atoms with Crippen LogP contribution in [-0.4, -0.2) is 25.8 Å². The van der Waals surface area contributed by atoms with Gasteiger partial charge in [0.15, 0.2) is 0 Å². The molecule has 0 amide bonds. The number of halogens is 1. The van der Waals surface area contributed by atoms with Crippen molar-refractivity contribution < 1.29 is 14.3 Å². The zero-order valence-corrected chi connectivity index (χ0v) is 9.88. The number of aryl methyl sites for hydroxylation is 1. The molecule has 0 saturated carbocycles. The van der Waals surface area contributed by atoms with Gasteiger partial charge in [0.25, 0.3) is 0 Å². The van der Waals surface area contributed by atoms with Crippen molar-refractivity contribution in [2.24, 2.45) is 7.05 Å². The first-order chi connectivity index (χ1) is 8.99. The summed E-state index contributed by atoms with van der Waals surface area (Å²) in [5.74, 6) is -1.93. The quantitative estimate of drug-likeness (QED) is 0.692. The minimum Gasteiger partial charge on any atom is -0.478 e. The van der Waals surface area contributed by atoms with E-state index in [0.717, 1.165) is 6.07 Å². The van der Waals surface area contributed by atoms with Crippen LogP contribution in [0.4, 0.5) is 10.2 Å². The van der Waals surface area contributed by atoms with Crippen molar-refractivity contribution in [3.05, 3.63) is 29.7 Å². The van der Waals surface area contributed by atoms with Crippen LogP contribution in [0, 0.1) is 5.82 Å². The van der Waals surface area contributed by atoms with Crippen LogP contribution in [0.3, 0.4) is 0 Å². The molecule has 96 valence electrons. The van der Waals surface area contributed by atoms with Crippen molar-refractivity contribution in [3.8, 4) is 0 Å². The standard InChI is InChI=1S/C12H9FN4O2/c1-17-10-6-2-5(12(18)19)8(13)3-9(6)16-11(14)7(10)4-15-17/h2-4H,1H3,(H2,14,16)(H,18,19). The lowest BCUT2D eigenvalue weighted by molar-refractivity contribution is 0.0692. The van der Waals surface area contributed by atoms with Gasteiger partial charge in [0.05, 0.1) is 28.2 Å². The van der Waals surface area contributed by atoms with Gasteiger partial charge in [0.1, 0.15) is 11.6 Å². The van der Waals surface area contributed by atoms with Crippen LogP contribution in [0.25, 0.3) is 21.8 Å². The molecule has 3 N–H and O–H groups in total. The zero-order chi connectivity index (χ0) is 13.7. The number of hydrogen-bond donors (Lipinski definition) is 2. The Hall–Kier alpha value is -2.70. The van der Waals surface area contributed by atoms with E-state index in [1.54, 1.807) is 17.9 Å². The molecule has 0 radical (unpaired) electrons. The molecule has 1 aromatic carbocycles. The van der Waals surface area contributed by atoms with Gasteiger partial charge in [-0.2, -0.15) is 5.10 Å². The van der Waals surface area contributed by atoms with Crippen molar-refractivity contribution in [2.75, 3.05) is 5.73 Å². The number of nitrogens with zero attached hydrogens (tertiary/aromatic N) is 3. The Morgan fingerprint density at radius 2 is 2.16 bits per heavy atom. The zero-order valence-electron chi connectivity index (χ0n) is 9.88. The van der Waals surface area contributed by atoms with E-state index in [0.29, 0.717) is 21.8 Å². The maximum Gasteiger partial charge on any atom is 0.338 e. The largest absolute Gasteiger partial charge is 0.478 e. The highest BCUT2D eigenvalue weighted by Crippen LogP contribution is 2.29. The molecule has 19 heavy (non-hydrogen) atoms. The topological polar surface area (TPSA) is 94.0 Å². The summed E-state index contributed by atoms with van der Waals surface area (Å²) in [4.78, 5) is 15.1. The third kappa shape index (κ3) is 1.51. The number of benzene rings is 1. The summed E-state index contributed by atoms with van der Waals surface area (Å²) in [6, 6.07) is 2.32. The maximum absolute atomic E-state index is 13.6. The van der Waals surface area contributed by atoms with E-state index in [2.05, 4.69) is 10.1 Å². The molecule has 0 atom stereocenters. The van der Waals surface area contributed by atoms with Gasteiger partial charge in [-0.25, -0.2) is 14.2 Å². The Labute approximate surface area is 106 Å². The number of carboxylic acids is 1. The molecule has 0 bridgehead atoms. The van der Waals surface area contributed by atoms with Crippen LogP contribution in [0.15, 0.2) is 18.3 Å². The highest BCUT2D eigenvalue weighted by molar-refractivity contribution is 6.09. The number of fused-ring (bicyclic) bond motifs is 3. The second-order valence-electron chi connectivity index (χ2n) is 4.18. The molecule has 0 aliphatic carbocycles. The number of pyridine rings is 1. The van der Waals surface area contributed by atoms with Gasteiger partial charge in [-0.1, -0.05) is 0 Å². The van der Waals surface area contributed by atoms with Crippen LogP contribution in [0.1, 0.15) is 10.4 Å². The lowest BCUT2D eigenvalue weighted by Gasteiger charge is -2.06. The highest BCUT2D eigenvalue weighted by Gasteiger charge is 2.16. The number of rotatable bonds is 1. The van der Waals surface area contributed by atoms with Crippen molar-refractivity contribution in [3.63, 3.8) is 0 Å². The first kappa shape index (κ1) is 11.4. The molecular weight excluding hydrogens is 251 g/mol. The number of aromatic nitrogens is 3. The molecule has 0 spiro atoms. The van der Waals surface area contributed by atoms with E-state index in [1.165, 1.54) is 6.07 Å². The summed E-state index contributed by atoms with van der Waals surface area (Å²) >= 11 is 0. The summed E-state index contributed by atoms with van der Waals surface area (Å²) in [6.07, 6.45) is 1.54. The van der Waals surface area contributed by atoms with Crippen LogP contribution in [0.5, 0.6) is 0 Å². The first-order valence-corrected chi connectivity index (χ1v) is 5.42. The Morgan fingerprint density at radius 3 is 2.84 bits per heavy atom. The number of carboxylic acid groups (broad SMARTS) is 1. The molecule has 2 heterocycles. The van der Waals surface area contributed by atoms with Crippen molar-refractivity contribution in [1.29, 1.82) is 0 Å². The maximum atomic E-state index is 13.6. The molecule has 0 aliphatic heterocycles. The third-order valence-corrected chi connectivity index (χ3v) is 3.03. The van der Waals surface area contributed by atoms with Gasteiger partial charge in [0, 0.05) is 18.5 Å². The Bertz CT molecular complexity index is 841. The van der Waals surface area contributed by atoms with Gasteiger partial charge >= 0.3 is 5.97 Å². The summed E-state index contributed by atoms with van der Waals surface area (Å²) < 4.78 is 15.2. The van der Waals surface area contributed by atoms with Crippen LogP contribution < -0.4 is 5.73 Å². The molecule has 3 rings (SSSR count). The molecule has 0 saturated heterocycles. The molecule has 0 unspecified atom stereocenters. The fraction of sp³-hybridized carbons (Fsp3) is 0.0833. The van der Waals surface area contributed by atoms with E-state index in [1.807, 2.05) is 0 Å². The lowest BCUT2D eigenvalue weighted by Crippen LogP contribution is -2.02. The fourth-order valence-electron chi connectivity index (χ4n) is 2.14. The van der Waals surface area contributed by atoms with Gasteiger partial charge in [0.2, 0.25) is 0 Å². The third-order valence-electron chi connectivity index (χ3n) is 3.03. The minimum atomic E-state index is -1.33. The number of nitrogens with two attached hydrogens (primary N) is 1. The minimum absolute atomic E-state index is 0.234. The number of nitrogen functional groups attached to an aromatic ring is 1. The van der Waals surface area contributed by atoms with Gasteiger partial charge in [-0.05, 0) is 6.07 Å². The molecule has 0 aliphatic rings. The Balaban J connectivity index is 2.56. The molecule has 7 heteroatoms. The molecule has 6 nitrogen and oxygen atoms in total. The summed E-state index contributed by atoms with van der Waals surface area (Å²) in [5.41, 5.74) is 6.31. The number of anilines is 1. The smallest absolute Gasteiger partial charge is 0.338 e. The predicted octanol–water partition coefficient (Wildman–Crippen LogP) is 1.54. The monoisotopic (exact) mass is 260 g/mol. The summed E-state index contributed by atoms with van der Waals surface area (Å²) in [6.45, 7) is 0. The lowest BCUT2D eigenvalue weighted by atomic mass is 10.1. The molecule has 0 fully saturated rings. The summed E-state index contributed by atoms with van der Waals surface area (Å²) in [5, 5.41) is 14.1. The van der Waals surface area contributed by atoms with Crippen LogP contribution in [0.2, 0.25) is 0 Å². The van der Waals surface area contributed by atoms with E-state index >= 15 is 0 Å². The number of carbonyl (C=O) groups is 1. The Kier molecular flexibility index (Phi) is 2.19. The van der Waals surface area contributed by atoms with Crippen molar-refractivity contribution in [2.45, 2.75) is 0 Å².